The predicted octanol–water partition coefficient (Wildman–Crippen LogP) is 2.97. The van der Waals surface area contributed by atoms with Gasteiger partial charge in [0, 0.05) is 26.7 Å². The van der Waals surface area contributed by atoms with Crippen LogP contribution in [0, 0.1) is 11.3 Å². The molecule has 0 N–H and O–H groups in total. The number of hydrogen-bond donors (Lipinski definition) is 0. The normalized spacial score (nSPS) is 26.2. The lowest BCUT2D eigenvalue weighted by Crippen LogP contribution is -2.54. The quantitative estimate of drug-likeness (QED) is 0.718. The van der Waals surface area contributed by atoms with Gasteiger partial charge in [-0.2, -0.15) is 0 Å². The molecule has 1 atom stereocenters. The van der Waals surface area contributed by atoms with Crippen LogP contribution in [0.25, 0.3) is 0 Å². The zero-order chi connectivity index (χ0) is 21.0. The summed E-state index contributed by atoms with van der Waals surface area (Å²) in [6, 6.07) is 10.7. The summed E-state index contributed by atoms with van der Waals surface area (Å²) in [5.41, 5.74) is 0.996. The molecule has 1 spiro atoms. The first kappa shape index (κ1) is 21.1. The maximum Gasteiger partial charge on any atom is 0.236 e. The Morgan fingerprint density at radius 2 is 1.87 bits per heavy atom. The van der Waals surface area contributed by atoms with Gasteiger partial charge in [-0.1, -0.05) is 42.5 Å². The molecule has 0 aliphatic carbocycles. The summed E-state index contributed by atoms with van der Waals surface area (Å²) < 4.78 is 0. The molecule has 30 heavy (non-hydrogen) atoms. The van der Waals surface area contributed by atoms with Gasteiger partial charge in [-0.3, -0.25) is 14.5 Å². The van der Waals surface area contributed by atoms with Gasteiger partial charge in [0.15, 0.2) is 0 Å². The van der Waals surface area contributed by atoms with Gasteiger partial charge in [0.25, 0.3) is 0 Å². The van der Waals surface area contributed by atoms with E-state index in [4.69, 9.17) is 0 Å². The summed E-state index contributed by atoms with van der Waals surface area (Å²) in [7, 11) is 1.88. The van der Waals surface area contributed by atoms with Gasteiger partial charge in [-0.15, -0.1) is 0 Å². The van der Waals surface area contributed by atoms with Gasteiger partial charge < -0.3 is 9.80 Å². The predicted molar refractivity (Wildman–Crippen MR) is 119 cm³/mol. The number of allylic oxidation sites excluding steroid dienone is 1. The van der Waals surface area contributed by atoms with Crippen LogP contribution < -0.4 is 0 Å². The Kier molecular flexibility index (Phi) is 6.57. The van der Waals surface area contributed by atoms with Crippen LogP contribution in [0.5, 0.6) is 0 Å². The van der Waals surface area contributed by atoms with Gasteiger partial charge in [-0.25, -0.2) is 0 Å². The highest BCUT2D eigenvalue weighted by atomic mass is 16.2. The Hall–Kier alpha value is -2.14. The van der Waals surface area contributed by atoms with Gasteiger partial charge >= 0.3 is 0 Å². The number of amides is 2. The lowest BCUT2D eigenvalue weighted by atomic mass is 9.76. The second-order valence-corrected chi connectivity index (χ2v) is 9.47. The van der Waals surface area contributed by atoms with Crippen molar-refractivity contribution in [2.75, 3.05) is 46.3 Å². The molecule has 0 saturated carbocycles. The minimum Gasteiger partial charge on any atom is -0.341 e. The third-order valence-electron chi connectivity index (χ3n) is 7.22. The Morgan fingerprint density at radius 1 is 1.10 bits per heavy atom. The molecule has 1 aromatic rings. The van der Waals surface area contributed by atoms with E-state index >= 15 is 0 Å². The second-order valence-electron chi connectivity index (χ2n) is 9.47. The summed E-state index contributed by atoms with van der Waals surface area (Å²) in [4.78, 5) is 32.2. The molecule has 2 saturated heterocycles. The number of likely N-dealkylation sites (N-methyl/N-ethyl adjacent to an activating group) is 1. The molecule has 1 aromatic carbocycles. The Balaban J connectivity index is 1.29. The maximum absolute atomic E-state index is 13.1. The van der Waals surface area contributed by atoms with Crippen molar-refractivity contribution in [2.24, 2.45) is 11.3 Å². The Morgan fingerprint density at radius 3 is 2.63 bits per heavy atom. The van der Waals surface area contributed by atoms with E-state index < -0.39 is 5.41 Å². The highest BCUT2D eigenvalue weighted by molar-refractivity contribution is 5.85. The Bertz CT molecular complexity index is 770. The van der Waals surface area contributed by atoms with E-state index in [1.807, 2.05) is 16.8 Å². The molecule has 5 heteroatoms. The smallest absolute Gasteiger partial charge is 0.236 e. The molecule has 5 nitrogen and oxygen atoms in total. The topological polar surface area (TPSA) is 43.9 Å². The van der Waals surface area contributed by atoms with Crippen LogP contribution in [0.4, 0.5) is 0 Å². The summed E-state index contributed by atoms with van der Waals surface area (Å²) in [6.45, 7) is 4.51. The molecule has 0 radical (unpaired) electrons. The number of nitrogens with zero attached hydrogens (tertiary/aromatic N) is 3. The standard InChI is InChI=1S/C25H35N3O2/c1-26-14-6-5-12-25(24(26)30)13-7-15-28(20-25)23(29)19-27-16-10-22(11-17-27)18-21-8-3-2-4-9-21/h2-6,8-9,22H,7,10-20H2,1H3/t25-/m0/s1. The minimum absolute atomic E-state index is 0.194. The van der Waals surface area contributed by atoms with Crippen molar-refractivity contribution in [3.05, 3.63) is 48.0 Å². The summed E-state index contributed by atoms with van der Waals surface area (Å²) in [5.74, 6) is 1.11. The molecule has 162 valence electrons. The van der Waals surface area contributed by atoms with Crippen molar-refractivity contribution in [3.63, 3.8) is 0 Å². The lowest BCUT2D eigenvalue weighted by molar-refractivity contribution is -0.147. The average Bonchev–Trinajstić information content (AvgIpc) is 2.90. The summed E-state index contributed by atoms with van der Waals surface area (Å²) >= 11 is 0. The van der Waals surface area contributed by atoms with Crippen molar-refractivity contribution in [1.29, 1.82) is 0 Å². The van der Waals surface area contributed by atoms with Crippen LogP contribution in [0.2, 0.25) is 0 Å². The molecule has 4 rings (SSSR count). The van der Waals surface area contributed by atoms with Crippen molar-refractivity contribution >= 4 is 11.8 Å². The molecule has 3 aliphatic rings. The monoisotopic (exact) mass is 409 g/mol. The van der Waals surface area contributed by atoms with E-state index in [0.29, 0.717) is 25.6 Å². The minimum atomic E-state index is -0.418. The fraction of sp³-hybridized carbons (Fsp3) is 0.600. The number of carbonyl (C=O) groups excluding carboxylic acids is 2. The third kappa shape index (κ3) is 4.77. The average molecular weight is 410 g/mol. The third-order valence-corrected chi connectivity index (χ3v) is 7.22. The lowest BCUT2D eigenvalue weighted by Gasteiger charge is -2.43. The van der Waals surface area contributed by atoms with Gasteiger partial charge in [-0.05, 0) is 63.1 Å². The molecular formula is C25H35N3O2. The molecule has 2 fully saturated rings. The molecule has 3 heterocycles. The van der Waals surface area contributed by atoms with E-state index in [-0.39, 0.29) is 11.8 Å². The van der Waals surface area contributed by atoms with Crippen molar-refractivity contribution in [2.45, 2.75) is 38.5 Å². The van der Waals surface area contributed by atoms with E-state index in [1.54, 1.807) is 0 Å². The van der Waals surface area contributed by atoms with Crippen molar-refractivity contribution in [1.82, 2.24) is 14.7 Å². The van der Waals surface area contributed by atoms with Crippen molar-refractivity contribution in [3.8, 4) is 0 Å². The molecule has 0 aromatic heterocycles. The number of benzene rings is 1. The molecular weight excluding hydrogens is 374 g/mol. The highest BCUT2D eigenvalue weighted by Crippen LogP contribution is 2.37. The van der Waals surface area contributed by atoms with E-state index in [2.05, 4.69) is 47.4 Å². The number of rotatable bonds is 4. The SMILES string of the molecule is CN1CC=CC[C@@]2(CCCN(C(=O)CN3CCC(Cc4ccccc4)CC3)C2)C1=O. The number of carbonyl (C=O) groups is 2. The number of hydrogen-bond acceptors (Lipinski definition) is 3. The molecule has 0 unspecified atom stereocenters. The van der Waals surface area contributed by atoms with Crippen LogP contribution >= 0.6 is 0 Å². The van der Waals surface area contributed by atoms with Crippen LogP contribution in [0.3, 0.4) is 0 Å². The number of likely N-dealkylation sites (tertiary alicyclic amines) is 2. The molecule has 3 aliphatic heterocycles. The van der Waals surface area contributed by atoms with Gasteiger partial charge in [0.2, 0.25) is 11.8 Å². The molecule has 0 bridgehead atoms. The van der Waals surface area contributed by atoms with Crippen LogP contribution in [-0.2, 0) is 16.0 Å². The van der Waals surface area contributed by atoms with Gasteiger partial charge in [0.05, 0.1) is 12.0 Å². The van der Waals surface area contributed by atoms with Gasteiger partial charge in [0.1, 0.15) is 0 Å². The van der Waals surface area contributed by atoms with E-state index in [0.717, 1.165) is 58.2 Å². The van der Waals surface area contributed by atoms with Crippen LogP contribution in [0.15, 0.2) is 42.5 Å². The first-order valence-electron chi connectivity index (χ1n) is 11.5. The van der Waals surface area contributed by atoms with E-state index in [9.17, 15) is 9.59 Å². The van der Waals surface area contributed by atoms with E-state index in [1.165, 1.54) is 5.56 Å². The first-order chi connectivity index (χ1) is 14.6. The van der Waals surface area contributed by atoms with Crippen LogP contribution in [0.1, 0.15) is 37.7 Å². The fourth-order valence-electron chi connectivity index (χ4n) is 5.39. The fourth-order valence-corrected chi connectivity index (χ4v) is 5.39. The summed E-state index contributed by atoms with van der Waals surface area (Å²) in [6.07, 6.45) is 10.2. The van der Waals surface area contributed by atoms with Crippen LogP contribution in [-0.4, -0.2) is 72.8 Å². The maximum atomic E-state index is 13.1. The number of piperidine rings is 2. The zero-order valence-corrected chi connectivity index (χ0v) is 18.3. The molecule has 2 amide bonds. The van der Waals surface area contributed by atoms with Crippen molar-refractivity contribution < 1.29 is 9.59 Å². The Labute approximate surface area is 180 Å². The first-order valence-corrected chi connectivity index (χ1v) is 11.5. The second kappa shape index (κ2) is 9.34. The zero-order valence-electron chi connectivity index (χ0n) is 18.3. The summed E-state index contributed by atoms with van der Waals surface area (Å²) in [5, 5.41) is 0. The highest BCUT2D eigenvalue weighted by Gasteiger charge is 2.44. The largest absolute Gasteiger partial charge is 0.341 e.